The van der Waals surface area contributed by atoms with E-state index in [2.05, 4.69) is 15.7 Å². The SMILES string of the molecule is COc1ccc(C(=O)N=Nc2ccc(NOC(=O)Cc3ccccc3)cc2)cc1. The highest BCUT2D eigenvalue weighted by molar-refractivity contribution is 5.94. The molecule has 0 radical (unpaired) electrons. The first kappa shape index (κ1) is 19.8. The number of ether oxygens (including phenoxy) is 1. The Balaban J connectivity index is 1.50. The van der Waals surface area contributed by atoms with Gasteiger partial charge in [-0.1, -0.05) is 30.3 Å². The monoisotopic (exact) mass is 389 g/mol. The lowest BCUT2D eigenvalue weighted by atomic mass is 10.2. The van der Waals surface area contributed by atoms with E-state index in [4.69, 9.17) is 9.57 Å². The highest BCUT2D eigenvalue weighted by Gasteiger charge is 2.06. The van der Waals surface area contributed by atoms with Crippen molar-refractivity contribution in [3.8, 4) is 5.75 Å². The van der Waals surface area contributed by atoms with Crippen LogP contribution < -0.4 is 10.2 Å². The highest BCUT2D eigenvalue weighted by atomic mass is 16.7. The molecule has 1 N–H and O–H groups in total. The molecule has 7 nitrogen and oxygen atoms in total. The molecule has 0 spiro atoms. The number of anilines is 1. The molecule has 0 aliphatic heterocycles. The van der Waals surface area contributed by atoms with Crippen LogP contribution in [0.4, 0.5) is 11.4 Å². The van der Waals surface area contributed by atoms with Crippen molar-refractivity contribution in [2.45, 2.75) is 6.42 Å². The Labute approximate surface area is 168 Å². The van der Waals surface area contributed by atoms with Gasteiger partial charge in [0.2, 0.25) is 0 Å². The number of methoxy groups -OCH3 is 1. The summed E-state index contributed by atoms with van der Waals surface area (Å²) in [7, 11) is 1.55. The molecule has 0 saturated carbocycles. The maximum atomic E-state index is 12.0. The van der Waals surface area contributed by atoms with E-state index in [0.29, 0.717) is 22.7 Å². The van der Waals surface area contributed by atoms with Crippen LogP contribution in [0, 0.1) is 0 Å². The number of nitrogens with one attached hydrogen (secondary N) is 1. The fourth-order valence-electron chi connectivity index (χ4n) is 2.41. The molecule has 0 atom stereocenters. The molecule has 1 amide bonds. The molecule has 29 heavy (non-hydrogen) atoms. The summed E-state index contributed by atoms with van der Waals surface area (Å²) in [6.07, 6.45) is 0.174. The second kappa shape index (κ2) is 9.80. The molecule has 3 rings (SSSR count). The number of hydrogen-bond acceptors (Lipinski definition) is 6. The summed E-state index contributed by atoms with van der Waals surface area (Å²) < 4.78 is 5.05. The second-order valence-corrected chi connectivity index (χ2v) is 6.02. The number of amides is 1. The Bertz CT molecular complexity index is 985. The molecular weight excluding hydrogens is 370 g/mol. The van der Waals surface area contributed by atoms with Gasteiger partial charge in [0, 0.05) is 5.56 Å². The normalized spacial score (nSPS) is 10.5. The molecule has 0 bridgehead atoms. The Morgan fingerprint density at radius 3 is 2.24 bits per heavy atom. The first-order valence-electron chi connectivity index (χ1n) is 8.84. The van der Waals surface area contributed by atoms with Crippen LogP contribution in [0.25, 0.3) is 0 Å². The average molecular weight is 389 g/mol. The van der Waals surface area contributed by atoms with E-state index >= 15 is 0 Å². The second-order valence-electron chi connectivity index (χ2n) is 6.02. The molecule has 146 valence electrons. The standard InChI is InChI=1S/C22H19N3O4/c1-28-20-13-7-17(8-14-20)22(27)24-23-18-9-11-19(12-10-18)25-29-21(26)15-16-5-3-2-4-6-16/h2-14,25H,15H2,1H3. The van der Waals surface area contributed by atoms with Crippen molar-refractivity contribution < 1.29 is 19.2 Å². The summed E-state index contributed by atoms with van der Waals surface area (Å²) in [5, 5.41) is 7.64. The number of carbonyl (C=O) groups is 2. The fraction of sp³-hybridized carbons (Fsp3) is 0.0909. The molecule has 0 aliphatic rings. The quantitative estimate of drug-likeness (QED) is 0.466. The van der Waals surface area contributed by atoms with Crippen LogP contribution in [0.2, 0.25) is 0 Å². The summed E-state index contributed by atoms with van der Waals surface area (Å²) in [4.78, 5) is 28.9. The summed E-state index contributed by atoms with van der Waals surface area (Å²) in [5.41, 5.74) is 4.95. The molecular formula is C22H19N3O4. The van der Waals surface area contributed by atoms with E-state index < -0.39 is 11.9 Å². The average Bonchev–Trinajstić information content (AvgIpc) is 2.77. The summed E-state index contributed by atoms with van der Waals surface area (Å²) in [5.74, 6) is -0.194. The minimum atomic E-state index is -0.454. The lowest BCUT2D eigenvalue weighted by Crippen LogP contribution is -2.12. The van der Waals surface area contributed by atoms with Crippen LogP contribution in [0.5, 0.6) is 5.75 Å². The molecule has 0 heterocycles. The Kier molecular flexibility index (Phi) is 6.67. The van der Waals surface area contributed by atoms with E-state index in [0.717, 1.165) is 5.56 Å². The summed E-state index contributed by atoms with van der Waals surface area (Å²) in [6, 6.07) is 22.6. The minimum absolute atomic E-state index is 0.174. The van der Waals surface area contributed by atoms with Gasteiger partial charge in [0.05, 0.1) is 24.9 Å². The van der Waals surface area contributed by atoms with Crippen LogP contribution in [0.15, 0.2) is 89.1 Å². The van der Waals surface area contributed by atoms with Gasteiger partial charge in [-0.2, -0.15) is 0 Å². The smallest absolute Gasteiger partial charge is 0.336 e. The number of benzene rings is 3. The molecule has 0 saturated heterocycles. The van der Waals surface area contributed by atoms with Crippen LogP contribution in [0.3, 0.4) is 0 Å². The first-order valence-corrected chi connectivity index (χ1v) is 8.84. The predicted molar refractivity (Wildman–Crippen MR) is 108 cm³/mol. The third-order valence-corrected chi connectivity index (χ3v) is 3.93. The van der Waals surface area contributed by atoms with E-state index in [1.54, 1.807) is 55.6 Å². The van der Waals surface area contributed by atoms with Gasteiger partial charge in [-0.05, 0) is 54.1 Å². The number of carbonyl (C=O) groups excluding carboxylic acids is 2. The number of azo groups is 1. The van der Waals surface area contributed by atoms with Gasteiger partial charge in [-0.25, -0.2) is 10.3 Å². The van der Waals surface area contributed by atoms with Gasteiger partial charge >= 0.3 is 5.97 Å². The van der Waals surface area contributed by atoms with Crippen molar-refractivity contribution in [1.82, 2.24) is 0 Å². The van der Waals surface area contributed by atoms with Crippen molar-refractivity contribution in [2.75, 3.05) is 12.6 Å². The van der Waals surface area contributed by atoms with Gasteiger partial charge in [-0.3, -0.25) is 4.79 Å². The lowest BCUT2D eigenvalue weighted by molar-refractivity contribution is -0.139. The van der Waals surface area contributed by atoms with Gasteiger partial charge in [0.1, 0.15) is 5.75 Å². The lowest BCUT2D eigenvalue weighted by Gasteiger charge is -2.07. The van der Waals surface area contributed by atoms with Crippen LogP contribution in [-0.2, 0) is 16.1 Å². The van der Waals surface area contributed by atoms with E-state index in [1.165, 1.54) is 0 Å². The van der Waals surface area contributed by atoms with Crippen molar-refractivity contribution >= 4 is 23.3 Å². The molecule has 0 aromatic heterocycles. The molecule has 0 unspecified atom stereocenters. The Morgan fingerprint density at radius 1 is 0.897 bits per heavy atom. The number of hydrogen-bond donors (Lipinski definition) is 1. The number of rotatable bonds is 7. The van der Waals surface area contributed by atoms with E-state index in [1.807, 2.05) is 30.3 Å². The van der Waals surface area contributed by atoms with E-state index in [9.17, 15) is 9.59 Å². The van der Waals surface area contributed by atoms with Crippen molar-refractivity contribution in [2.24, 2.45) is 10.2 Å². The zero-order chi connectivity index (χ0) is 20.5. The Morgan fingerprint density at radius 2 is 1.59 bits per heavy atom. The largest absolute Gasteiger partial charge is 0.497 e. The summed E-state index contributed by atoms with van der Waals surface area (Å²) >= 11 is 0. The molecule has 3 aromatic rings. The van der Waals surface area contributed by atoms with E-state index in [-0.39, 0.29) is 6.42 Å². The van der Waals surface area contributed by atoms with Gasteiger partial charge in [-0.15, -0.1) is 10.2 Å². The highest BCUT2D eigenvalue weighted by Crippen LogP contribution is 2.18. The van der Waals surface area contributed by atoms with Crippen molar-refractivity contribution in [3.05, 3.63) is 90.0 Å². The van der Waals surface area contributed by atoms with Crippen LogP contribution >= 0.6 is 0 Å². The van der Waals surface area contributed by atoms with Gasteiger partial charge < -0.3 is 9.57 Å². The Hall–Kier alpha value is -4.00. The molecule has 3 aromatic carbocycles. The minimum Gasteiger partial charge on any atom is -0.497 e. The maximum absolute atomic E-state index is 12.0. The third kappa shape index (κ3) is 6.00. The zero-order valence-corrected chi connectivity index (χ0v) is 15.7. The van der Waals surface area contributed by atoms with Crippen LogP contribution in [0.1, 0.15) is 15.9 Å². The first-order chi connectivity index (χ1) is 14.1. The van der Waals surface area contributed by atoms with Crippen molar-refractivity contribution in [1.29, 1.82) is 0 Å². The predicted octanol–water partition coefficient (Wildman–Crippen LogP) is 4.73. The van der Waals surface area contributed by atoms with Crippen molar-refractivity contribution in [3.63, 3.8) is 0 Å². The fourth-order valence-corrected chi connectivity index (χ4v) is 2.41. The maximum Gasteiger partial charge on any atom is 0.336 e. The summed E-state index contributed by atoms with van der Waals surface area (Å²) in [6.45, 7) is 0. The molecule has 0 aliphatic carbocycles. The van der Waals surface area contributed by atoms with Gasteiger partial charge in [0.25, 0.3) is 5.91 Å². The van der Waals surface area contributed by atoms with Gasteiger partial charge in [0.15, 0.2) is 0 Å². The third-order valence-electron chi connectivity index (χ3n) is 3.93. The van der Waals surface area contributed by atoms with Crippen LogP contribution in [-0.4, -0.2) is 19.0 Å². The molecule has 0 fully saturated rings. The number of nitrogens with zero attached hydrogens (tertiary/aromatic N) is 2. The zero-order valence-electron chi connectivity index (χ0n) is 15.7. The molecule has 7 heteroatoms. The topological polar surface area (TPSA) is 89.3 Å².